The van der Waals surface area contributed by atoms with Crippen molar-refractivity contribution < 1.29 is 4.79 Å². The molecular weight excluding hydrogens is 228 g/mol. The van der Waals surface area contributed by atoms with Gasteiger partial charge in [0.05, 0.1) is 16.6 Å². The Bertz CT molecular complexity index is 666. The van der Waals surface area contributed by atoms with Crippen LogP contribution < -0.4 is 21.4 Å². The minimum Gasteiger partial charge on any atom is -0.322 e. The van der Waals surface area contributed by atoms with E-state index >= 15 is 0 Å². The summed E-state index contributed by atoms with van der Waals surface area (Å²) in [7, 11) is 0. The topological polar surface area (TPSA) is 62.0 Å². The number of aromatic amines is 1. The first-order chi connectivity index (χ1) is 8.67. The molecule has 94 valence electrons. The minimum atomic E-state index is -0.313. The minimum absolute atomic E-state index is 0.283. The van der Waals surface area contributed by atoms with Crippen LogP contribution in [0.25, 0.3) is 11.8 Å². The molecule has 0 saturated heterocycles. The summed E-state index contributed by atoms with van der Waals surface area (Å²) in [6.45, 7) is 11.2. The second-order valence-electron chi connectivity index (χ2n) is 3.31. The van der Waals surface area contributed by atoms with E-state index in [2.05, 4.69) is 23.5 Å². The number of H-pyrrole nitrogens is 1. The highest BCUT2D eigenvalue weighted by Gasteiger charge is 2.18. The summed E-state index contributed by atoms with van der Waals surface area (Å²) in [6, 6.07) is 1.28. The highest BCUT2D eigenvalue weighted by molar-refractivity contribution is 6.03. The molecule has 18 heavy (non-hydrogen) atoms. The molecule has 0 unspecified atom stereocenters. The van der Waals surface area contributed by atoms with E-state index in [0.29, 0.717) is 21.8 Å². The van der Waals surface area contributed by atoms with E-state index in [-0.39, 0.29) is 11.5 Å². The lowest BCUT2D eigenvalue weighted by molar-refractivity contribution is 0.0978. The number of amides is 1. The van der Waals surface area contributed by atoms with E-state index in [0.717, 1.165) is 0 Å². The quantitative estimate of drug-likeness (QED) is 0.791. The van der Waals surface area contributed by atoms with Crippen molar-refractivity contribution in [3.8, 4) is 0 Å². The molecule has 4 nitrogen and oxygen atoms in total. The molecule has 0 aromatic carbocycles. The smallest absolute Gasteiger partial charge is 0.256 e. The lowest BCUT2D eigenvalue weighted by Gasteiger charge is -1.91. The van der Waals surface area contributed by atoms with Gasteiger partial charge >= 0.3 is 0 Å². The van der Waals surface area contributed by atoms with E-state index < -0.39 is 0 Å². The third-order valence-corrected chi connectivity index (χ3v) is 2.32. The van der Waals surface area contributed by atoms with Gasteiger partial charge in [0.2, 0.25) is 5.56 Å². The van der Waals surface area contributed by atoms with E-state index in [1.165, 1.54) is 6.07 Å². The van der Waals surface area contributed by atoms with Crippen LogP contribution in [0.3, 0.4) is 0 Å². The fourth-order valence-corrected chi connectivity index (χ4v) is 1.70. The molecule has 2 N–H and O–H groups in total. The second-order valence-corrected chi connectivity index (χ2v) is 3.31. The number of carbonyl (C=O) groups excluding carboxylic acids is 1. The Balaban J connectivity index is 0.000000771. The third kappa shape index (κ3) is 2.32. The molecule has 0 bridgehead atoms. The molecule has 1 amide bonds. The summed E-state index contributed by atoms with van der Waals surface area (Å²) in [5.41, 5.74) is 0.656. The zero-order chi connectivity index (χ0) is 13.7. The zero-order valence-corrected chi connectivity index (χ0v) is 10.5. The van der Waals surface area contributed by atoms with Crippen LogP contribution in [0.1, 0.15) is 24.2 Å². The molecule has 4 heteroatoms. The summed E-state index contributed by atoms with van der Waals surface area (Å²) >= 11 is 0. The number of nitrogens with one attached hydrogen (secondary N) is 2. The number of hydrogen-bond acceptors (Lipinski definition) is 2. The first kappa shape index (κ1) is 13.7. The predicted octanol–water partition coefficient (Wildman–Crippen LogP) is 0.405. The fraction of sp³-hybridized carbons (Fsp3) is 0.143. The van der Waals surface area contributed by atoms with Gasteiger partial charge in [0.15, 0.2) is 0 Å². The second kappa shape index (κ2) is 5.82. The standard InChI is InChI=1S/C12H10N2O2.C2H6/c1-3-5-9-11-7(6-10(15)13-9)12(16)14-8(11)4-2;1-2/h3-6H,1-2H2,(H,13,15)(H,14,16);1-2H3/b9-5+;. The molecule has 1 aliphatic heterocycles. The molecule has 2 rings (SSSR count). The van der Waals surface area contributed by atoms with Crippen LogP contribution >= 0.6 is 0 Å². The monoisotopic (exact) mass is 244 g/mol. The van der Waals surface area contributed by atoms with Crippen LogP contribution in [0.2, 0.25) is 0 Å². The van der Waals surface area contributed by atoms with Gasteiger partial charge < -0.3 is 10.3 Å². The van der Waals surface area contributed by atoms with Crippen molar-refractivity contribution >= 4 is 17.7 Å². The SMILES string of the molecule is C=C/C=c1/[nH]c(=O)cc2c1=C(C=C)NC2=O.CC. The molecule has 0 spiro atoms. The van der Waals surface area contributed by atoms with E-state index in [1.807, 2.05) is 13.8 Å². The van der Waals surface area contributed by atoms with Crippen molar-refractivity contribution in [3.05, 3.63) is 57.9 Å². The summed E-state index contributed by atoms with van der Waals surface area (Å²) in [6.07, 6.45) is 4.74. The van der Waals surface area contributed by atoms with Crippen molar-refractivity contribution in [1.82, 2.24) is 10.3 Å². The Labute approximate surface area is 105 Å². The molecule has 1 aromatic rings. The summed E-state index contributed by atoms with van der Waals surface area (Å²) < 4.78 is 0. The molecule has 1 aromatic heterocycles. The molecule has 2 heterocycles. The lowest BCUT2D eigenvalue weighted by atomic mass is 10.2. The number of allylic oxidation sites excluding steroid dienone is 1. The Kier molecular flexibility index (Phi) is 4.43. The van der Waals surface area contributed by atoms with Crippen LogP contribution in [0, 0.1) is 0 Å². The number of aromatic nitrogens is 1. The van der Waals surface area contributed by atoms with Crippen LogP contribution in [-0.2, 0) is 0 Å². The number of rotatable bonds is 2. The van der Waals surface area contributed by atoms with Gasteiger partial charge in [-0.25, -0.2) is 0 Å². The molecule has 0 aliphatic carbocycles. The van der Waals surface area contributed by atoms with Gasteiger partial charge in [0.1, 0.15) is 0 Å². The fourth-order valence-electron chi connectivity index (χ4n) is 1.70. The summed E-state index contributed by atoms with van der Waals surface area (Å²) in [5.74, 6) is -0.283. The van der Waals surface area contributed by atoms with Crippen LogP contribution in [0.15, 0.2) is 36.2 Å². The van der Waals surface area contributed by atoms with E-state index in [9.17, 15) is 9.59 Å². The number of fused-ring (bicyclic) bond motifs is 1. The van der Waals surface area contributed by atoms with Crippen LogP contribution in [-0.4, -0.2) is 10.9 Å². The predicted molar refractivity (Wildman–Crippen MR) is 73.4 cm³/mol. The van der Waals surface area contributed by atoms with Crippen molar-refractivity contribution in [1.29, 1.82) is 0 Å². The maximum absolute atomic E-state index is 11.6. The molecule has 0 fully saturated rings. The maximum atomic E-state index is 11.6. The zero-order valence-electron chi connectivity index (χ0n) is 10.5. The Morgan fingerprint density at radius 2 is 1.89 bits per heavy atom. The number of hydrogen-bond donors (Lipinski definition) is 2. The average molecular weight is 244 g/mol. The number of carbonyl (C=O) groups is 1. The van der Waals surface area contributed by atoms with Crippen LogP contribution in [0.4, 0.5) is 0 Å². The van der Waals surface area contributed by atoms with Gasteiger partial charge in [-0.2, -0.15) is 0 Å². The largest absolute Gasteiger partial charge is 0.322 e. The van der Waals surface area contributed by atoms with Gasteiger partial charge in [0.25, 0.3) is 5.91 Å². The van der Waals surface area contributed by atoms with Crippen molar-refractivity contribution in [2.45, 2.75) is 13.8 Å². The van der Waals surface area contributed by atoms with Gasteiger partial charge in [-0.3, -0.25) is 9.59 Å². The number of pyridine rings is 1. The van der Waals surface area contributed by atoms with Crippen molar-refractivity contribution in [2.75, 3.05) is 0 Å². The first-order valence-corrected chi connectivity index (χ1v) is 5.71. The highest BCUT2D eigenvalue weighted by Crippen LogP contribution is 1.99. The molecule has 1 aliphatic rings. The Morgan fingerprint density at radius 3 is 2.44 bits per heavy atom. The normalized spacial score (nSPS) is 13.3. The van der Waals surface area contributed by atoms with Crippen molar-refractivity contribution in [3.63, 3.8) is 0 Å². The summed E-state index contributed by atoms with van der Waals surface area (Å²) in [5, 5.41) is 3.87. The highest BCUT2D eigenvalue weighted by atomic mass is 16.2. The van der Waals surface area contributed by atoms with Crippen LogP contribution in [0.5, 0.6) is 0 Å². The third-order valence-electron chi connectivity index (χ3n) is 2.32. The van der Waals surface area contributed by atoms with Gasteiger partial charge in [0, 0.05) is 11.3 Å². The lowest BCUT2D eigenvalue weighted by Crippen LogP contribution is -2.36. The van der Waals surface area contributed by atoms with Crippen molar-refractivity contribution in [2.24, 2.45) is 0 Å². The van der Waals surface area contributed by atoms with Gasteiger partial charge in [-0.05, 0) is 12.2 Å². The van der Waals surface area contributed by atoms with E-state index in [4.69, 9.17) is 0 Å². The van der Waals surface area contributed by atoms with E-state index in [1.54, 1.807) is 18.2 Å². The Hall–Kier alpha value is -2.36. The summed E-state index contributed by atoms with van der Waals surface area (Å²) in [4.78, 5) is 25.6. The Morgan fingerprint density at radius 1 is 1.22 bits per heavy atom. The molecule has 0 saturated carbocycles. The van der Waals surface area contributed by atoms with Gasteiger partial charge in [-0.15, -0.1) is 0 Å². The van der Waals surface area contributed by atoms with Gasteiger partial charge in [-0.1, -0.05) is 33.1 Å². The molecule has 0 radical (unpaired) electrons. The average Bonchev–Trinajstić information content (AvgIpc) is 2.69. The first-order valence-electron chi connectivity index (χ1n) is 5.71. The molecular formula is C14H16N2O2. The maximum Gasteiger partial charge on any atom is 0.256 e. The molecule has 0 atom stereocenters.